The topological polar surface area (TPSA) is 12.9 Å². The molecule has 3 heteroatoms. The molecule has 1 aromatic heterocycles. The first-order chi connectivity index (χ1) is 4.20. The van der Waals surface area contributed by atoms with Gasteiger partial charge in [0.25, 0.3) is 0 Å². The Labute approximate surface area is 57.5 Å². The first-order valence-corrected chi connectivity index (χ1v) is 2.71. The standard InChI is InChI=1S/C6H4ClFN/c1-4-6(8)2-5(7)3-9-4/h2-3H,1H2. The minimum absolute atomic E-state index is 0.124. The summed E-state index contributed by atoms with van der Waals surface area (Å²) in [7, 11) is 0. The molecular formula is C6H4ClFN. The smallest absolute Gasteiger partial charge is 0.146 e. The molecule has 0 saturated carbocycles. The lowest BCUT2D eigenvalue weighted by Crippen LogP contribution is -1.84. The average molecular weight is 145 g/mol. The third-order valence-corrected chi connectivity index (χ3v) is 1.09. The van der Waals surface area contributed by atoms with Crippen LogP contribution in [-0.4, -0.2) is 4.98 Å². The Hall–Kier alpha value is -0.630. The van der Waals surface area contributed by atoms with Crippen LogP contribution in [0.1, 0.15) is 5.69 Å². The van der Waals surface area contributed by atoms with Crippen LogP contribution in [0.4, 0.5) is 4.39 Å². The molecule has 0 N–H and O–H groups in total. The van der Waals surface area contributed by atoms with Gasteiger partial charge in [-0.05, 0) is 13.0 Å². The van der Waals surface area contributed by atoms with Crippen LogP contribution in [-0.2, 0) is 0 Å². The van der Waals surface area contributed by atoms with Crippen LogP contribution in [0.15, 0.2) is 12.3 Å². The second-order valence-electron chi connectivity index (χ2n) is 1.58. The first kappa shape index (κ1) is 6.49. The van der Waals surface area contributed by atoms with Gasteiger partial charge in [0.05, 0.1) is 10.7 Å². The van der Waals surface area contributed by atoms with Crippen molar-refractivity contribution in [2.24, 2.45) is 0 Å². The number of nitrogens with zero attached hydrogens (tertiary/aromatic N) is 1. The van der Waals surface area contributed by atoms with E-state index in [1.807, 2.05) is 0 Å². The molecule has 0 aliphatic carbocycles. The van der Waals surface area contributed by atoms with E-state index in [4.69, 9.17) is 11.6 Å². The Balaban J connectivity index is 3.17. The zero-order valence-corrected chi connectivity index (χ0v) is 5.32. The van der Waals surface area contributed by atoms with Gasteiger partial charge in [0.1, 0.15) is 5.82 Å². The molecule has 0 bridgehead atoms. The quantitative estimate of drug-likeness (QED) is 0.543. The van der Waals surface area contributed by atoms with Gasteiger partial charge in [-0.25, -0.2) is 4.39 Å². The predicted octanol–water partition coefficient (Wildman–Crippen LogP) is 2.06. The zero-order chi connectivity index (χ0) is 6.85. The molecule has 1 nitrogen and oxygen atoms in total. The van der Waals surface area contributed by atoms with Gasteiger partial charge in [0.15, 0.2) is 0 Å². The lowest BCUT2D eigenvalue weighted by atomic mass is 10.4. The first-order valence-electron chi connectivity index (χ1n) is 2.33. The predicted molar refractivity (Wildman–Crippen MR) is 33.7 cm³/mol. The van der Waals surface area contributed by atoms with Gasteiger partial charge in [0.2, 0.25) is 0 Å². The van der Waals surface area contributed by atoms with E-state index in [-0.39, 0.29) is 5.69 Å². The summed E-state index contributed by atoms with van der Waals surface area (Å²) in [6.07, 6.45) is 1.35. The van der Waals surface area contributed by atoms with Crippen molar-refractivity contribution in [1.29, 1.82) is 0 Å². The molecule has 1 radical (unpaired) electrons. The summed E-state index contributed by atoms with van der Waals surface area (Å²) < 4.78 is 12.4. The number of pyridine rings is 1. The lowest BCUT2D eigenvalue weighted by molar-refractivity contribution is 0.615. The molecule has 0 atom stereocenters. The molecule has 0 aliphatic rings. The van der Waals surface area contributed by atoms with E-state index in [2.05, 4.69) is 11.9 Å². The molecule has 0 spiro atoms. The van der Waals surface area contributed by atoms with E-state index >= 15 is 0 Å². The molecule has 1 heterocycles. The second-order valence-corrected chi connectivity index (χ2v) is 2.02. The van der Waals surface area contributed by atoms with Crippen molar-refractivity contribution in [3.63, 3.8) is 0 Å². The van der Waals surface area contributed by atoms with E-state index in [9.17, 15) is 4.39 Å². The Morgan fingerprint density at radius 3 is 2.78 bits per heavy atom. The van der Waals surface area contributed by atoms with Crippen molar-refractivity contribution in [3.05, 3.63) is 35.7 Å². The number of hydrogen-bond donors (Lipinski definition) is 0. The molecule has 9 heavy (non-hydrogen) atoms. The van der Waals surface area contributed by atoms with E-state index in [1.165, 1.54) is 12.3 Å². The normalized spacial score (nSPS) is 9.67. The van der Waals surface area contributed by atoms with Gasteiger partial charge in [0, 0.05) is 6.20 Å². The highest BCUT2D eigenvalue weighted by Crippen LogP contribution is 2.09. The minimum Gasteiger partial charge on any atom is -0.257 e. The van der Waals surface area contributed by atoms with E-state index < -0.39 is 5.82 Å². The molecule has 1 rings (SSSR count). The zero-order valence-electron chi connectivity index (χ0n) is 4.56. The average Bonchev–Trinajstić information content (AvgIpc) is 1.80. The summed E-state index contributed by atoms with van der Waals surface area (Å²) >= 11 is 5.39. The monoisotopic (exact) mass is 144 g/mol. The summed E-state index contributed by atoms with van der Waals surface area (Å²) in [4.78, 5) is 3.56. The van der Waals surface area contributed by atoms with Crippen LogP contribution in [0.2, 0.25) is 5.02 Å². The Bertz CT molecular complexity index is 224. The highest BCUT2D eigenvalue weighted by atomic mass is 35.5. The van der Waals surface area contributed by atoms with E-state index in [0.717, 1.165) is 0 Å². The summed E-state index contributed by atoms with van der Waals surface area (Å²) in [5, 5.41) is 0.292. The number of hydrogen-bond acceptors (Lipinski definition) is 1. The summed E-state index contributed by atoms with van der Waals surface area (Å²) in [5.74, 6) is -0.470. The maximum absolute atomic E-state index is 12.4. The summed E-state index contributed by atoms with van der Waals surface area (Å²) in [6.45, 7) is 3.32. The SMILES string of the molecule is [CH2]c1ncc(Cl)cc1F. The van der Waals surface area contributed by atoms with Crippen molar-refractivity contribution < 1.29 is 4.39 Å². The molecule has 0 aromatic carbocycles. The van der Waals surface area contributed by atoms with Gasteiger partial charge in [-0.1, -0.05) is 11.6 Å². The fourth-order valence-electron chi connectivity index (χ4n) is 0.443. The summed E-state index contributed by atoms with van der Waals surface area (Å²) in [5.41, 5.74) is 0.124. The molecular weight excluding hydrogens is 141 g/mol. The van der Waals surface area contributed by atoms with Crippen molar-refractivity contribution >= 4 is 11.6 Å². The third kappa shape index (κ3) is 1.39. The van der Waals surface area contributed by atoms with Crippen LogP contribution in [0.3, 0.4) is 0 Å². The maximum atomic E-state index is 12.4. The fourth-order valence-corrected chi connectivity index (χ4v) is 0.587. The lowest BCUT2D eigenvalue weighted by Gasteiger charge is -1.92. The number of rotatable bonds is 0. The Kier molecular flexibility index (Phi) is 1.67. The van der Waals surface area contributed by atoms with Crippen molar-refractivity contribution in [2.75, 3.05) is 0 Å². The second kappa shape index (κ2) is 2.31. The summed E-state index contributed by atoms with van der Waals surface area (Å²) in [6, 6.07) is 1.18. The Morgan fingerprint density at radius 1 is 1.67 bits per heavy atom. The van der Waals surface area contributed by atoms with Crippen LogP contribution in [0, 0.1) is 12.7 Å². The van der Waals surface area contributed by atoms with Gasteiger partial charge in [-0.2, -0.15) is 0 Å². The van der Waals surface area contributed by atoms with Gasteiger partial charge in [-0.3, -0.25) is 4.98 Å². The molecule has 0 aliphatic heterocycles. The highest BCUT2D eigenvalue weighted by Gasteiger charge is 1.96. The van der Waals surface area contributed by atoms with E-state index in [0.29, 0.717) is 5.02 Å². The highest BCUT2D eigenvalue weighted by molar-refractivity contribution is 6.30. The number of halogens is 2. The molecule has 0 saturated heterocycles. The molecule has 0 fully saturated rings. The molecule has 0 unspecified atom stereocenters. The molecule has 47 valence electrons. The largest absolute Gasteiger partial charge is 0.257 e. The number of aromatic nitrogens is 1. The molecule has 1 aromatic rings. The van der Waals surface area contributed by atoms with Gasteiger partial charge < -0.3 is 0 Å². The van der Waals surface area contributed by atoms with Crippen LogP contribution >= 0.6 is 11.6 Å². The van der Waals surface area contributed by atoms with Crippen LogP contribution in [0.5, 0.6) is 0 Å². The van der Waals surface area contributed by atoms with Gasteiger partial charge in [-0.15, -0.1) is 0 Å². The van der Waals surface area contributed by atoms with Crippen LogP contribution < -0.4 is 0 Å². The fraction of sp³-hybridized carbons (Fsp3) is 0. The van der Waals surface area contributed by atoms with Crippen LogP contribution in [0.25, 0.3) is 0 Å². The van der Waals surface area contributed by atoms with Gasteiger partial charge >= 0.3 is 0 Å². The van der Waals surface area contributed by atoms with Crippen molar-refractivity contribution in [2.45, 2.75) is 0 Å². The van der Waals surface area contributed by atoms with E-state index in [1.54, 1.807) is 0 Å². The minimum atomic E-state index is -0.470. The third-order valence-electron chi connectivity index (χ3n) is 0.884. The Morgan fingerprint density at radius 2 is 2.33 bits per heavy atom. The maximum Gasteiger partial charge on any atom is 0.146 e. The van der Waals surface area contributed by atoms with Crippen molar-refractivity contribution in [3.8, 4) is 0 Å². The molecule has 0 amide bonds. The van der Waals surface area contributed by atoms with Crippen molar-refractivity contribution in [1.82, 2.24) is 4.98 Å².